The van der Waals surface area contributed by atoms with Gasteiger partial charge in [-0.25, -0.2) is 17.4 Å². The van der Waals surface area contributed by atoms with Crippen LogP contribution in [0.3, 0.4) is 0 Å². The Hall–Kier alpha value is -1.82. The summed E-state index contributed by atoms with van der Waals surface area (Å²) in [6.07, 6.45) is 3.49. The van der Waals surface area contributed by atoms with Crippen LogP contribution >= 0.6 is 0 Å². The number of imidazole rings is 1. The van der Waals surface area contributed by atoms with Crippen LogP contribution in [0.4, 0.5) is 0 Å². The lowest BCUT2D eigenvalue weighted by atomic mass is 10.1. The quantitative estimate of drug-likeness (QED) is 0.868. The van der Waals surface area contributed by atoms with Gasteiger partial charge < -0.3 is 4.74 Å². The minimum absolute atomic E-state index is 0.163. The normalized spacial score (nSPS) is 11.6. The first-order valence-electron chi connectivity index (χ1n) is 6.34. The minimum atomic E-state index is -3.69. The predicted octanol–water partition coefficient (Wildman–Crippen LogP) is 2.31. The largest absolute Gasteiger partial charge is 0.495 e. The second kappa shape index (κ2) is 5.28. The number of methoxy groups -OCH3 is 1. The molecule has 0 bridgehead atoms. The molecule has 0 unspecified atom stereocenters. The lowest BCUT2D eigenvalue weighted by Crippen LogP contribution is -2.16. The molecule has 1 aromatic carbocycles. The molecule has 0 radical (unpaired) electrons. The summed E-state index contributed by atoms with van der Waals surface area (Å²) in [5.74, 6) is 0.856. The van der Waals surface area contributed by atoms with E-state index in [-0.39, 0.29) is 4.90 Å². The molecule has 0 amide bonds. The van der Waals surface area contributed by atoms with E-state index in [0.717, 1.165) is 11.1 Å². The smallest absolute Gasteiger partial charge is 0.272 e. The highest BCUT2D eigenvalue weighted by Gasteiger charge is 2.24. The third-order valence-electron chi connectivity index (χ3n) is 3.31. The average molecular weight is 294 g/mol. The summed E-state index contributed by atoms with van der Waals surface area (Å²) in [7, 11) is -2.22. The molecule has 0 N–H and O–H groups in total. The molecule has 0 saturated carbocycles. The highest BCUT2D eigenvalue weighted by atomic mass is 32.2. The Labute approximate surface area is 119 Å². The van der Waals surface area contributed by atoms with Gasteiger partial charge >= 0.3 is 0 Å². The Morgan fingerprint density at radius 3 is 2.50 bits per heavy atom. The van der Waals surface area contributed by atoms with Crippen molar-refractivity contribution in [2.24, 2.45) is 0 Å². The third kappa shape index (κ3) is 2.31. The fraction of sp³-hybridized carbons (Fsp3) is 0.357. The number of aromatic nitrogens is 2. The van der Waals surface area contributed by atoms with E-state index >= 15 is 0 Å². The van der Waals surface area contributed by atoms with Gasteiger partial charge in [0.05, 0.1) is 7.11 Å². The summed E-state index contributed by atoms with van der Waals surface area (Å²) in [5, 5.41) is 0. The van der Waals surface area contributed by atoms with Gasteiger partial charge in [0.25, 0.3) is 10.0 Å². The van der Waals surface area contributed by atoms with Gasteiger partial charge in [-0.2, -0.15) is 0 Å². The van der Waals surface area contributed by atoms with E-state index in [1.807, 2.05) is 20.8 Å². The molecule has 2 aromatic rings. The number of benzene rings is 1. The van der Waals surface area contributed by atoms with Crippen molar-refractivity contribution in [2.45, 2.75) is 32.1 Å². The number of hydrogen-bond acceptors (Lipinski definition) is 4. The maximum atomic E-state index is 12.8. The zero-order chi connectivity index (χ0) is 14.9. The molecule has 0 atom stereocenters. The third-order valence-corrected chi connectivity index (χ3v) is 5.04. The van der Waals surface area contributed by atoms with E-state index in [2.05, 4.69) is 4.98 Å². The van der Waals surface area contributed by atoms with Crippen molar-refractivity contribution in [1.82, 2.24) is 8.96 Å². The van der Waals surface area contributed by atoms with Crippen LogP contribution in [-0.4, -0.2) is 24.5 Å². The van der Waals surface area contributed by atoms with Crippen molar-refractivity contribution in [1.29, 1.82) is 0 Å². The highest BCUT2D eigenvalue weighted by Crippen LogP contribution is 2.29. The Morgan fingerprint density at radius 2 is 1.90 bits per heavy atom. The van der Waals surface area contributed by atoms with Crippen molar-refractivity contribution in [2.75, 3.05) is 7.11 Å². The molecule has 0 saturated heterocycles. The van der Waals surface area contributed by atoms with Crippen LogP contribution in [0.15, 0.2) is 29.4 Å². The molecular weight excluding hydrogens is 276 g/mol. The molecule has 2 rings (SSSR count). The number of ether oxygens (including phenoxy) is 1. The van der Waals surface area contributed by atoms with E-state index in [0.29, 0.717) is 18.0 Å². The molecule has 0 aliphatic carbocycles. The lowest BCUT2D eigenvalue weighted by molar-refractivity contribution is 0.402. The minimum Gasteiger partial charge on any atom is -0.495 e. The molecule has 0 aliphatic rings. The van der Waals surface area contributed by atoms with Crippen LogP contribution < -0.4 is 4.74 Å². The lowest BCUT2D eigenvalue weighted by Gasteiger charge is -2.14. The summed E-state index contributed by atoms with van der Waals surface area (Å²) in [5.41, 5.74) is 1.89. The van der Waals surface area contributed by atoms with Crippen LogP contribution in [0, 0.1) is 13.8 Å². The van der Waals surface area contributed by atoms with E-state index in [4.69, 9.17) is 4.74 Å². The van der Waals surface area contributed by atoms with Crippen LogP contribution in [-0.2, 0) is 16.4 Å². The van der Waals surface area contributed by atoms with Gasteiger partial charge in [0, 0.05) is 18.8 Å². The van der Waals surface area contributed by atoms with Crippen molar-refractivity contribution in [3.8, 4) is 5.75 Å². The fourth-order valence-electron chi connectivity index (χ4n) is 2.02. The van der Waals surface area contributed by atoms with E-state index in [1.165, 1.54) is 23.5 Å². The van der Waals surface area contributed by atoms with Gasteiger partial charge in [0.2, 0.25) is 0 Å². The van der Waals surface area contributed by atoms with Gasteiger partial charge in [-0.1, -0.05) is 6.92 Å². The van der Waals surface area contributed by atoms with Crippen LogP contribution in [0.25, 0.3) is 0 Å². The molecule has 20 heavy (non-hydrogen) atoms. The van der Waals surface area contributed by atoms with Crippen molar-refractivity contribution in [3.63, 3.8) is 0 Å². The molecule has 5 nitrogen and oxygen atoms in total. The monoisotopic (exact) mass is 294 g/mol. The van der Waals surface area contributed by atoms with Crippen LogP contribution in [0.5, 0.6) is 5.75 Å². The van der Waals surface area contributed by atoms with Gasteiger partial charge in [0.1, 0.15) is 16.5 Å². The fourth-order valence-corrected chi connectivity index (χ4v) is 3.62. The molecule has 6 heteroatoms. The Balaban J connectivity index is 2.69. The maximum Gasteiger partial charge on any atom is 0.272 e. The molecule has 1 aromatic heterocycles. The molecule has 0 fully saturated rings. The summed E-state index contributed by atoms with van der Waals surface area (Å²) < 4.78 is 32.0. The number of rotatable bonds is 4. The van der Waals surface area contributed by atoms with E-state index in [9.17, 15) is 8.42 Å². The zero-order valence-corrected chi connectivity index (χ0v) is 12.9. The average Bonchev–Trinajstić information content (AvgIpc) is 2.90. The molecule has 0 aliphatic heterocycles. The Bertz CT molecular complexity index is 733. The maximum absolute atomic E-state index is 12.8. The van der Waals surface area contributed by atoms with Crippen molar-refractivity contribution in [3.05, 3.63) is 41.5 Å². The van der Waals surface area contributed by atoms with E-state index < -0.39 is 10.0 Å². The zero-order valence-electron chi connectivity index (χ0n) is 12.0. The molecule has 108 valence electrons. The second-order valence-electron chi connectivity index (χ2n) is 4.59. The topological polar surface area (TPSA) is 61.2 Å². The molecule has 0 spiro atoms. The van der Waals surface area contributed by atoms with Gasteiger partial charge in [-0.3, -0.25) is 0 Å². The Kier molecular flexibility index (Phi) is 3.85. The summed E-state index contributed by atoms with van der Waals surface area (Å²) in [6.45, 7) is 5.66. The highest BCUT2D eigenvalue weighted by molar-refractivity contribution is 7.90. The number of aryl methyl sites for hydroxylation is 3. The van der Waals surface area contributed by atoms with Crippen molar-refractivity contribution >= 4 is 10.0 Å². The van der Waals surface area contributed by atoms with Crippen molar-refractivity contribution < 1.29 is 13.2 Å². The SMILES string of the molecule is CCc1nccn1S(=O)(=O)c1cc(C)c(C)cc1OC. The first kappa shape index (κ1) is 14.6. The molecular formula is C14H18N2O3S. The van der Waals surface area contributed by atoms with Crippen LogP contribution in [0.1, 0.15) is 23.9 Å². The van der Waals surface area contributed by atoms with Gasteiger partial charge in [-0.05, 0) is 37.1 Å². The summed E-state index contributed by atoms with van der Waals surface area (Å²) in [4.78, 5) is 4.23. The number of hydrogen-bond donors (Lipinski definition) is 0. The summed E-state index contributed by atoms with van der Waals surface area (Å²) in [6, 6.07) is 3.38. The number of nitrogens with zero attached hydrogens (tertiary/aromatic N) is 2. The van der Waals surface area contributed by atoms with E-state index in [1.54, 1.807) is 12.1 Å². The standard InChI is InChI=1S/C14H18N2O3S/c1-5-14-15-6-7-16(14)20(17,18)13-9-11(3)10(2)8-12(13)19-4/h6-9H,5H2,1-4H3. The van der Waals surface area contributed by atoms with Gasteiger partial charge in [0.15, 0.2) is 0 Å². The first-order valence-corrected chi connectivity index (χ1v) is 7.78. The summed E-state index contributed by atoms with van der Waals surface area (Å²) >= 11 is 0. The van der Waals surface area contributed by atoms with Gasteiger partial charge in [-0.15, -0.1) is 0 Å². The first-order chi connectivity index (χ1) is 9.41. The second-order valence-corrected chi connectivity index (χ2v) is 6.37. The van der Waals surface area contributed by atoms with Crippen LogP contribution in [0.2, 0.25) is 0 Å². The predicted molar refractivity (Wildman–Crippen MR) is 76.7 cm³/mol. The molecule has 1 heterocycles. The Morgan fingerprint density at radius 1 is 1.25 bits per heavy atom.